The first-order valence-electron chi connectivity index (χ1n) is 5.93. The van der Waals surface area contributed by atoms with Crippen molar-refractivity contribution >= 4 is 16.6 Å². The number of hydrazine groups is 1. The van der Waals surface area contributed by atoms with Gasteiger partial charge in [0.05, 0.1) is 11.2 Å². The largest absolute Gasteiger partial charge is 0.433 e. The SMILES string of the molecule is CCCc1ccc2nc(C(F)(F)F)cc(NN)c2c1. The molecule has 0 saturated heterocycles. The number of nitrogen functional groups attached to an aromatic ring is 1. The number of pyridine rings is 1. The quantitative estimate of drug-likeness (QED) is 0.662. The van der Waals surface area contributed by atoms with Gasteiger partial charge in [-0.15, -0.1) is 0 Å². The Hall–Kier alpha value is -1.82. The van der Waals surface area contributed by atoms with Gasteiger partial charge >= 0.3 is 6.18 Å². The van der Waals surface area contributed by atoms with Crippen LogP contribution in [-0.4, -0.2) is 4.98 Å². The summed E-state index contributed by atoms with van der Waals surface area (Å²) in [6.07, 6.45) is -2.66. The summed E-state index contributed by atoms with van der Waals surface area (Å²) in [5.41, 5.74) is 2.92. The number of benzene rings is 1. The zero-order valence-corrected chi connectivity index (χ0v) is 10.4. The molecular weight excluding hydrogens is 255 g/mol. The highest BCUT2D eigenvalue weighted by Crippen LogP contribution is 2.33. The third-order valence-electron chi connectivity index (χ3n) is 2.86. The van der Waals surface area contributed by atoms with Crippen molar-refractivity contribution in [2.24, 2.45) is 5.84 Å². The van der Waals surface area contributed by atoms with Gasteiger partial charge in [-0.1, -0.05) is 19.4 Å². The van der Waals surface area contributed by atoms with Crippen molar-refractivity contribution in [2.75, 3.05) is 5.43 Å². The van der Waals surface area contributed by atoms with E-state index in [0.29, 0.717) is 5.39 Å². The van der Waals surface area contributed by atoms with Gasteiger partial charge in [0.1, 0.15) is 5.69 Å². The molecule has 0 unspecified atom stereocenters. The molecule has 0 saturated carbocycles. The zero-order valence-electron chi connectivity index (χ0n) is 10.4. The minimum atomic E-state index is -4.48. The normalized spacial score (nSPS) is 11.8. The van der Waals surface area contributed by atoms with Crippen molar-refractivity contribution in [1.82, 2.24) is 4.98 Å². The number of alkyl halides is 3. The van der Waals surface area contributed by atoms with Crippen LogP contribution in [0.5, 0.6) is 0 Å². The van der Waals surface area contributed by atoms with E-state index in [4.69, 9.17) is 5.84 Å². The maximum atomic E-state index is 12.7. The van der Waals surface area contributed by atoms with Gasteiger partial charge in [0.2, 0.25) is 0 Å². The molecule has 2 aromatic rings. The van der Waals surface area contributed by atoms with E-state index in [-0.39, 0.29) is 11.2 Å². The van der Waals surface area contributed by atoms with Crippen LogP contribution in [0.25, 0.3) is 10.9 Å². The molecule has 0 radical (unpaired) electrons. The molecular formula is C13H14F3N3. The molecule has 0 aliphatic rings. The van der Waals surface area contributed by atoms with E-state index in [9.17, 15) is 13.2 Å². The van der Waals surface area contributed by atoms with Crippen molar-refractivity contribution in [1.29, 1.82) is 0 Å². The molecule has 0 bridgehead atoms. The van der Waals surface area contributed by atoms with Crippen LogP contribution in [0.1, 0.15) is 24.6 Å². The summed E-state index contributed by atoms with van der Waals surface area (Å²) in [5.74, 6) is 5.31. The van der Waals surface area contributed by atoms with E-state index < -0.39 is 11.9 Å². The van der Waals surface area contributed by atoms with Crippen molar-refractivity contribution in [2.45, 2.75) is 25.9 Å². The number of fused-ring (bicyclic) bond motifs is 1. The average molecular weight is 269 g/mol. The van der Waals surface area contributed by atoms with Gasteiger partial charge in [0.15, 0.2) is 0 Å². The first kappa shape index (κ1) is 13.6. The van der Waals surface area contributed by atoms with Crippen LogP contribution in [0, 0.1) is 0 Å². The molecule has 0 atom stereocenters. The molecule has 1 aromatic carbocycles. The molecule has 2 rings (SSSR count). The molecule has 0 amide bonds. The Morgan fingerprint density at radius 2 is 2.00 bits per heavy atom. The van der Waals surface area contributed by atoms with E-state index in [1.165, 1.54) is 0 Å². The Labute approximate surface area is 108 Å². The van der Waals surface area contributed by atoms with E-state index in [1.54, 1.807) is 12.1 Å². The number of nitrogens with one attached hydrogen (secondary N) is 1. The summed E-state index contributed by atoms with van der Waals surface area (Å²) < 4.78 is 38.1. The number of aryl methyl sites for hydroxylation is 1. The Kier molecular flexibility index (Phi) is 3.61. The Bertz CT molecular complexity index is 593. The molecule has 0 fully saturated rings. The second kappa shape index (κ2) is 5.05. The van der Waals surface area contributed by atoms with Gasteiger partial charge in [0.25, 0.3) is 0 Å². The highest BCUT2D eigenvalue weighted by atomic mass is 19.4. The third kappa shape index (κ3) is 2.78. The summed E-state index contributed by atoms with van der Waals surface area (Å²) in [4.78, 5) is 3.64. The molecule has 6 heteroatoms. The smallest absolute Gasteiger partial charge is 0.323 e. The van der Waals surface area contributed by atoms with Crippen molar-refractivity contribution in [3.8, 4) is 0 Å². The van der Waals surface area contributed by atoms with E-state index >= 15 is 0 Å². The van der Waals surface area contributed by atoms with Crippen LogP contribution in [0.3, 0.4) is 0 Å². The molecule has 0 aliphatic heterocycles. The number of rotatable bonds is 3. The lowest BCUT2D eigenvalue weighted by atomic mass is 10.1. The lowest BCUT2D eigenvalue weighted by Crippen LogP contribution is -2.12. The van der Waals surface area contributed by atoms with Crippen molar-refractivity contribution < 1.29 is 13.2 Å². The average Bonchev–Trinajstić information content (AvgIpc) is 2.36. The lowest BCUT2D eigenvalue weighted by molar-refractivity contribution is -0.140. The monoisotopic (exact) mass is 269 g/mol. The topological polar surface area (TPSA) is 50.9 Å². The predicted molar refractivity (Wildman–Crippen MR) is 68.6 cm³/mol. The van der Waals surface area contributed by atoms with Crippen LogP contribution >= 0.6 is 0 Å². The summed E-state index contributed by atoms with van der Waals surface area (Å²) in [6.45, 7) is 2.04. The van der Waals surface area contributed by atoms with Crippen LogP contribution in [0.4, 0.5) is 18.9 Å². The van der Waals surface area contributed by atoms with Crippen molar-refractivity contribution in [3.63, 3.8) is 0 Å². The zero-order chi connectivity index (χ0) is 14.0. The number of nitrogens with zero attached hydrogens (tertiary/aromatic N) is 1. The molecule has 1 aromatic heterocycles. The van der Waals surface area contributed by atoms with Gasteiger partial charge in [-0.3, -0.25) is 5.84 Å². The minimum absolute atomic E-state index is 0.232. The van der Waals surface area contributed by atoms with E-state index in [1.807, 2.05) is 13.0 Å². The summed E-state index contributed by atoms with van der Waals surface area (Å²) in [7, 11) is 0. The fraction of sp³-hybridized carbons (Fsp3) is 0.308. The Balaban J connectivity index is 2.63. The van der Waals surface area contributed by atoms with Crippen LogP contribution in [-0.2, 0) is 12.6 Å². The molecule has 19 heavy (non-hydrogen) atoms. The highest BCUT2D eigenvalue weighted by molar-refractivity contribution is 5.91. The van der Waals surface area contributed by atoms with Crippen LogP contribution < -0.4 is 11.3 Å². The lowest BCUT2D eigenvalue weighted by Gasteiger charge is -2.12. The predicted octanol–water partition coefficient (Wildman–Crippen LogP) is 3.49. The maximum absolute atomic E-state index is 12.7. The second-order valence-corrected chi connectivity index (χ2v) is 4.30. The standard InChI is InChI=1S/C13H14F3N3/c1-2-3-8-4-5-10-9(6-8)11(19-17)7-12(18-10)13(14,15)16/h4-7H,2-3,17H2,1H3,(H,18,19). The molecule has 3 nitrogen and oxygen atoms in total. The van der Waals surface area contributed by atoms with Gasteiger partial charge in [0, 0.05) is 5.39 Å². The molecule has 3 N–H and O–H groups in total. The van der Waals surface area contributed by atoms with Gasteiger partial charge in [-0.2, -0.15) is 13.2 Å². The number of hydrogen-bond donors (Lipinski definition) is 2. The Morgan fingerprint density at radius 3 is 2.58 bits per heavy atom. The number of hydrogen-bond acceptors (Lipinski definition) is 3. The van der Waals surface area contributed by atoms with E-state index in [0.717, 1.165) is 24.5 Å². The molecule has 102 valence electrons. The first-order valence-corrected chi connectivity index (χ1v) is 5.93. The van der Waals surface area contributed by atoms with Gasteiger partial charge < -0.3 is 5.43 Å². The summed E-state index contributed by atoms with van der Waals surface area (Å²) >= 11 is 0. The van der Waals surface area contributed by atoms with E-state index in [2.05, 4.69) is 10.4 Å². The molecule has 1 heterocycles. The minimum Gasteiger partial charge on any atom is -0.323 e. The maximum Gasteiger partial charge on any atom is 0.433 e. The van der Waals surface area contributed by atoms with Crippen LogP contribution in [0.2, 0.25) is 0 Å². The van der Waals surface area contributed by atoms with Gasteiger partial charge in [-0.05, 0) is 30.2 Å². The Morgan fingerprint density at radius 1 is 1.26 bits per heavy atom. The third-order valence-corrected chi connectivity index (χ3v) is 2.86. The van der Waals surface area contributed by atoms with Gasteiger partial charge in [-0.25, -0.2) is 4.98 Å². The first-order chi connectivity index (χ1) is 8.95. The second-order valence-electron chi connectivity index (χ2n) is 4.30. The number of aromatic nitrogens is 1. The van der Waals surface area contributed by atoms with Crippen molar-refractivity contribution in [3.05, 3.63) is 35.5 Å². The summed E-state index contributed by atoms with van der Waals surface area (Å²) in [5, 5.41) is 0.599. The molecule has 0 spiro atoms. The van der Waals surface area contributed by atoms with Crippen LogP contribution in [0.15, 0.2) is 24.3 Å². The fourth-order valence-electron chi connectivity index (χ4n) is 1.98. The fourth-order valence-corrected chi connectivity index (χ4v) is 1.98. The number of anilines is 1. The number of nitrogens with two attached hydrogens (primary N) is 1. The highest BCUT2D eigenvalue weighted by Gasteiger charge is 2.33. The molecule has 0 aliphatic carbocycles. The number of halogens is 3. The summed E-state index contributed by atoms with van der Waals surface area (Å²) in [6, 6.07) is 6.13.